The van der Waals surface area contributed by atoms with Crippen molar-refractivity contribution in [1.29, 1.82) is 0 Å². The van der Waals surface area contributed by atoms with E-state index in [-0.39, 0.29) is 11.9 Å². The molecule has 4 nitrogen and oxygen atoms in total. The lowest BCUT2D eigenvalue weighted by atomic mass is 9.96. The second-order valence-electron chi connectivity index (χ2n) is 5.93. The van der Waals surface area contributed by atoms with Gasteiger partial charge in [-0.15, -0.1) is 11.3 Å². The molecule has 1 atom stereocenters. The van der Waals surface area contributed by atoms with Crippen molar-refractivity contribution in [2.75, 3.05) is 31.6 Å². The highest BCUT2D eigenvalue weighted by Gasteiger charge is 2.21. The number of piperidine rings is 1. The van der Waals surface area contributed by atoms with E-state index in [1.165, 1.54) is 4.88 Å². The van der Waals surface area contributed by atoms with Gasteiger partial charge in [-0.05, 0) is 61.7 Å². The minimum absolute atomic E-state index is 0.00932. The summed E-state index contributed by atoms with van der Waals surface area (Å²) >= 11 is 3.56. The molecule has 0 radical (unpaired) electrons. The molecule has 0 unspecified atom stereocenters. The van der Waals surface area contributed by atoms with Crippen LogP contribution in [0.15, 0.2) is 17.5 Å². The van der Waals surface area contributed by atoms with E-state index in [0.717, 1.165) is 51.2 Å². The summed E-state index contributed by atoms with van der Waals surface area (Å²) in [4.78, 5) is 15.9. The van der Waals surface area contributed by atoms with E-state index in [9.17, 15) is 4.79 Å². The summed E-state index contributed by atoms with van der Waals surface area (Å²) in [5.41, 5.74) is 5.88. The molecule has 0 saturated carbocycles. The maximum Gasteiger partial charge on any atom is 0.236 e. The molecule has 1 fully saturated rings. The summed E-state index contributed by atoms with van der Waals surface area (Å²) in [5.74, 6) is 1.54. The molecule has 0 aromatic carbocycles. The molecule has 124 valence electrons. The molecule has 3 N–H and O–H groups in total. The Hall–Kier alpha value is -0.560. The van der Waals surface area contributed by atoms with Gasteiger partial charge in [0.05, 0.1) is 6.04 Å². The van der Waals surface area contributed by atoms with Gasteiger partial charge in [0.15, 0.2) is 0 Å². The number of nitrogens with zero attached hydrogens (tertiary/aromatic N) is 1. The Labute approximate surface area is 141 Å². The molecule has 1 amide bonds. The lowest BCUT2D eigenvalue weighted by molar-refractivity contribution is -0.122. The van der Waals surface area contributed by atoms with Gasteiger partial charge < -0.3 is 11.1 Å². The normalized spacial score (nSPS) is 18.3. The van der Waals surface area contributed by atoms with Crippen LogP contribution in [0.3, 0.4) is 0 Å². The predicted molar refractivity (Wildman–Crippen MR) is 96.3 cm³/mol. The number of rotatable bonds is 8. The largest absolute Gasteiger partial charge is 0.354 e. The zero-order valence-corrected chi connectivity index (χ0v) is 14.9. The Morgan fingerprint density at radius 3 is 2.95 bits per heavy atom. The van der Waals surface area contributed by atoms with E-state index in [4.69, 9.17) is 5.73 Å². The first-order valence-corrected chi connectivity index (χ1v) is 10.2. The summed E-state index contributed by atoms with van der Waals surface area (Å²) < 4.78 is 0. The average Bonchev–Trinajstić information content (AvgIpc) is 3.04. The summed E-state index contributed by atoms with van der Waals surface area (Å²) in [6.45, 7) is 4.09. The lowest BCUT2D eigenvalue weighted by Gasteiger charge is -2.31. The first-order valence-electron chi connectivity index (χ1n) is 7.96. The van der Waals surface area contributed by atoms with Gasteiger partial charge >= 0.3 is 0 Å². The predicted octanol–water partition coefficient (Wildman–Crippen LogP) is 2.16. The average molecular weight is 342 g/mol. The Bertz CT molecular complexity index is 431. The Kier molecular flexibility index (Phi) is 7.72. The third kappa shape index (κ3) is 5.91. The van der Waals surface area contributed by atoms with E-state index < -0.39 is 0 Å². The third-order valence-corrected chi connectivity index (χ3v) is 5.71. The molecule has 22 heavy (non-hydrogen) atoms. The van der Waals surface area contributed by atoms with Gasteiger partial charge in [0.25, 0.3) is 0 Å². The quantitative estimate of drug-likeness (QED) is 0.761. The number of hydrogen-bond donors (Lipinski definition) is 2. The van der Waals surface area contributed by atoms with E-state index >= 15 is 0 Å². The highest BCUT2D eigenvalue weighted by Crippen LogP contribution is 2.20. The fraction of sp³-hybridized carbons (Fsp3) is 0.688. The highest BCUT2D eigenvalue weighted by atomic mass is 32.2. The molecule has 1 aromatic heterocycles. The molecule has 0 bridgehead atoms. The van der Waals surface area contributed by atoms with Crippen LogP contribution < -0.4 is 11.1 Å². The first-order chi connectivity index (χ1) is 10.7. The van der Waals surface area contributed by atoms with Crippen LogP contribution in [-0.2, 0) is 11.3 Å². The number of carbonyl (C=O) groups excluding carboxylic acids is 1. The SMILES string of the molecule is CSCC[C@H](N)C(=O)NCC1CCN(Cc2cccs2)CC1. The van der Waals surface area contributed by atoms with Crippen molar-refractivity contribution >= 4 is 29.0 Å². The molecular formula is C16H27N3OS2. The van der Waals surface area contributed by atoms with Crippen LogP contribution in [0.25, 0.3) is 0 Å². The number of hydrogen-bond acceptors (Lipinski definition) is 5. The van der Waals surface area contributed by atoms with Crippen LogP contribution in [0.5, 0.6) is 0 Å². The number of thiophene rings is 1. The van der Waals surface area contributed by atoms with Crippen LogP contribution in [0.1, 0.15) is 24.1 Å². The van der Waals surface area contributed by atoms with Crippen molar-refractivity contribution in [1.82, 2.24) is 10.2 Å². The fourth-order valence-electron chi connectivity index (χ4n) is 2.72. The number of nitrogens with one attached hydrogen (secondary N) is 1. The Balaban J connectivity index is 1.62. The van der Waals surface area contributed by atoms with Crippen LogP contribution in [-0.4, -0.2) is 48.5 Å². The van der Waals surface area contributed by atoms with Crippen molar-refractivity contribution in [3.63, 3.8) is 0 Å². The summed E-state index contributed by atoms with van der Waals surface area (Å²) in [6.07, 6.45) is 5.11. The van der Waals surface area contributed by atoms with Crippen molar-refractivity contribution in [2.24, 2.45) is 11.7 Å². The molecule has 1 aliphatic heterocycles. The molecular weight excluding hydrogens is 314 g/mol. The molecule has 6 heteroatoms. The van der Waals surface area contributed by atoms with Crippen molar-refractivity contribution in [3.8, 4) is 0 Å². The van der Waals surface area contributed by atoms with Gasteiger partial charge in [0, 0.05) is 18.0 Å². The minimum atomic E-state index is -0.355. The van der Waals surface area contributed by atoms with Crippen molar-refractivity contribution in [3.05, 3.63) is 22.4 Å². The fourth-order valence-corrected chi connectivity index (χ4v) is 3.96. The number of amides is 1. The molecule has 1 aliphatic rings. The van der Waals surface area contributed by atoms with E-state index in [1.807, 2.05) is 17.6 Å². The Morgan fingerprint density at radius 1 is 1.55 bits per heavy atom. The van der Waals surface area contributed by atoms with E-state index in [1.54, 1.807) is 11.8 Å². The monoisotopic (exact) mass is 341 g/mol. The standard InChI is InChI=1S/C16H27N3OS2/c1-21-10-6-15(17)16(20)18-11-13-4-7-19(8-5-13)12-14-3-2-9-22-14/h2-3,9,13,15H,4-8,10-12,17H2,1H3,(H,18,20)/t15-/m0/s1. The number of nitrogens with two attached hydrogens (primary N) is 1. The second kappa shape index (κ2) is 9.55. The van der Waals surface area contributed by atoms with E-state index in [0.29, 0.717) is 5.92 Å². The molecule has 0 spiro atoms. The minimum Gasteiger partial charge on any atom is -0.354 e. The highest BCUT2D eigenvalue weighted by molar-refractivity contribution is 7.98. The van der Waals surface area contributed by atoms with Gasteiger partial charge in [-0.2, -0.15) is 11.8 Å². The maximum absolute atomic E-state index is 11.9. The number of carbonyl (C=O) groups is 1. The lowest BCUT2D eigenvalue weighted by Crippen LogP contribution is -2.44. The molecule has 1 aromatic rings. The molecule has 0 aliphatic carbocycles. The van der Waals surface area contributed by atoms with Gasteiger partial charge in [0.2, 0.25) is 5.91 Å². The zero-order valence-electron chi connectivity index (χ0n) is 13.3. The molecule has 2 heterocycles. The van der Waals surface area contributed by atoms with Crippen LogP contribution in [0.4, 0.5) is 0 Å². The number of thioether (sulfide) groups is 1. The number of likely N-dealkylation sites (tertiary alicyclic amines) is 1. The zero-order chi connectivity index (χ0) is 15.8. The summed E-state index contributed by atoms with van der Waals surface area (Å²) in [6, 6.07) is 3.96. The second-order valence-corrected chi connectivity index (χ2v) is 7.95. The van der Waals surface area contributed by atoms with Gasteiger partial charge in [-0.3, -0.25) is 9.69 Å². The first kappa shape index (κ1) is 17.8. The maximum atomic E-state index is 11.9. The smallest absolute Gasteiger partial charge is 0.236 e. The van der Waals surface area contributed by atoms with E-state index in [2.05, 4.69) is 27.7 Å². The topological polar surface area (TPSA) is 58.4 Å². The van der Waals surface area contributed by atoms with Crippen LogP contribution >= 0.6 is 23.1 Å². The summed E-state index contributed by atoms with van der Waals surface area (Å²) in [7, 11) is 0. The van der Waals surface area contributed by atoms with Crippen molar-refractivity contribution in [2.45, 2.75) is 31.8 Å². The van der Waals surface area contributed by atoms with Gasteiger partial charge in [-0.1, -0.05) is 6.07 Å². The molecule has 2 rings (SSSR count). The Morgan fingerprint density at radius 2 is 2.32 bits per heavy atom. The summed E-state index contributed by atoms with van der Waals surface area (Å²) in [5, 5.41) is 5.17. The third-order valence-electron chi connectivity index (χ3n) is 4.20. The van der Waals surface area contributed by atoms with Gasteiger partial charge in [0.1, 0.15) is 0 Å². The van der Waals surface area contributed by atoms with Crippen LogP contribution in [0.2, 0.25) is 0 Å². The molecule has 1 saturated heterocycles. The van der Waals surface area contributed by atoms with Gasteiger partial charge in [-0.25, -0.2) is 0 Å². The van der Waals surface area contributed by atoms with Crippen molar-refractivity contribution < 1.29 is 4.79 Å². The van der Waals surface area contributed by atoms with Crippen LogP contribution in [0, 0.1) is 5.92 Å².